The van der Waals surface area contributed by atoms with Gasteiger partial charge in [0.05, 0.1) is 12.5 Å². The van der Waals surface area contributed by atoms with E-state index in [1.807, 2.05) is 0 Å². The molecule has 35 heavy (non-hydrogen) atoms. The molecule has 0 aliphatic carbocycles. The Kier molecular flexibility index (Phi) is 13.6. The van der Waals surface area contributed by atoms with E-state index < -0.39 is 78.5 Å². The maximum atomic E-state index is 12.9. The molecule has 4 unspecified atom stereocenters. The number of hydrogen-bond donors (Lipinski definition) is 8. The molecule has 5 amide bonds. The highest BCUT2D eigenvalue weighted by Gasteiger charge is 2.31. The number of carboxylic acid groups (broad SMARTS) is 2. The average molecular weight is 503 g/mol. The number of amides is 5. The van der Waals surface area contributed by atoms with Crippen LogP contribution in [0.2, 0.25) is 0 Å². The minimum absolute atomic E-state index is 0.0538. The van der Waals surface area contributed by atoms with E-state index in [1.165, 1.54) is 0 Å². The van der Waals surface area contributed by atoms with Gasteiger partial charge in [0.1, 0.15) is 18.1 Å². The molecular formula is C20H34N6O9. The van der Waals surface area contributed by atoms with Gasteiger partial charge in [-0.05, 0) is 25.2 Å². The minimum Gasteiger partial charge on any atom is -0.481 e. The van der Waals surface area contributed by atoms with Gasteiger partial charge in [-0.2, -0.15) is 0 Å². The van der Waals surface area contributed by atoms with Crippen molar-refractivity contribution < 1.29 is 43.8 Å². The molecule has 0 saturated carbocycles. The van der Waals surface area contributed by atoms with Gasteiger partial charge < -0.3 is 43.4 Å². The fourth-order valence-corrected chi connectivity index (χ4v) is 2.89. The Morgan fingerprint density at radius 2 is 1.23 bits per heavy atom. The van der Waals surface area contributed by atoms with Crippen LogP contribution in [0.1, 0.15) is 52.4 Å². The highest BCUT2D eigenvalue weighted by atomic mass is 16.4. The second-order valence-electron chi connectivity index (χ2n) is 8.37. The van der Waals surface area contributed by atoms with E-state index in [-0.39, 0.29) is 31.6 Å². The zero-order valence-electron chi connectivity index (χ0n) is 19.6. The predicted octanol–water partition coefficient (Wildman–Crippen LogP) is -3.10. The van der Waals surface area contributed by atoms with E-state index in [2.05, 4.69) is 16.0 Å². The van der Waals surface area contributed by atoms with E-state index in [4.69, 9.17) is 22.3 Å². The van der Waals surface area contributed by atoms with E-state index in [9.17, 15) is 38.7 Å². The zero-order chi connectivity index (χ0) is 27.3. The molecule has 0 aromatic carbocycles. The fraction of sp³-hybridized carbons (Fsp3) is 0.650. The number of nitrogens with one attached hydrogen (secondary N) is 3. The molecule has 11 N–H and O–H groups in total. The summed E-state index contributed by atoms with van der Waals surface area (Å²) in [6.45, 7) is 3.46. The van der Waals surface area contributed by atoms with Gasteiger partial charge in [0.2, 0.25) is 29.5 Å². The third-order valence-corrected chi connectivity index (χ3v) is 4.68. The van der Waals surface area contributed by atoms with Crippen LogP contribution in [0.25, 0.3) is 0 Å². The summed E-state index contributed by atoms with van der Waals surface area (Å²) in [6.07, 6.45) is -1.76. The smallest absolute Gasteiger partial charge is 0.326 e. The number of carbonyl (C=O) groups is 7. The van der Waals surface area contributed by atoms with E-state index in [1.54, 1.807) is 13.8 Å². The standard InChI is InChI=1S/C20H34N6O9/c1-9(2)7-12(19(33)26-13(20(34)35)8-15(23)28)25-18(32)11(4-6-16(29)30)24-17(31)10(21)3-5-14(22)27/h9-13H,3-8,21H2,1-2H3,(H2,22,27)(H2,23,28)(H,24,31)(H,25,32)(H,26,33)(H,29,30)(H,34,35). The van der Waals surface area contributed by atoms with E-state index >= 15 is 0 Å². The monoisotopic (exact) mass is 502 g/mol. The topological polar surface area (TPSA) is 274 Å². The molecule has 0 aromatic rings. The Labute approximate surface area is 201 Å². The van der Waals surface area contributed by atoms with Gasteiger partial charge in [0.15, 0.2) is 0 Å². The van der Waals surface area contributed by atoms with Crippen molar-refractivity contribution in [1.82, 2.24) is 16.0 Å². The lowest BCUT2D eigenvalue weighted by molar-refractivity contribution is -0.144. The van der Waals surface area contributed by atoms with Crippen molar-refractivity contribution >= 4 is 41.5 Å². The van der Waals surface area contributed by atoms with Crippen LogP contribution in [0.15, 0.2) is 0 Å². The first-order valence-electron chi connectivity index (χ1n) is 10.8. The van der Waals surface area contributed by atoms with E-state index in [0.29, 0.717) is 0 Å². The van der Waals surface area contributed by atoms with Crippen molar-refractivity contribution in [2.75, 3.05) is 0 Å². The van der Waals surface area contributed by atoms with Crippen LogP contribution in [0.5, 0.6) is 0 Å². The molecule has 0 bridgehead atoms. The summed E-state index contributed by atoms with van der Waals surface area (Å²) in [5.74, 6) is -7.23. The number of carboxylic acids is 2. The Morgan fingerprint density at radius 3 is 1.69 bits per heavy atom. The van der Waals surface area contributed by atoms with Crippen LogP contribution in [0, 0.1) is 5.92 Å². The first-order chi connectivity index (χ1) is 16.1. The molecule has 0 saturated heterocycles. The fourth-order valence-electron chi connectivity index (χ4n) is 2.89. The number of hydrogen-bond acceptors (Lipinski definition) is 8. The normalized spacial score (nSPS) is 14.2. The number of rotatable bonds is 17. The molecule has 0 aliphatic rings. The Bertz CT molecular complexity index is 817. The largest absolute Gasteiger partial charge is 0.481 e. The highest BCUT2D eigenvalue weighted by Crippen LogP contribution is 2.08. The highest BCUT2D eigenvalue weighted by molar-refractivity contribution is 5.95. The summed E-state index contributed by atoms with van der Waals surface area (Å²) in [7, 11) is 0. The number of nitrogens with two attached hydrogens (primary N) is 3. The maximum Gasteiger partial charge on any atom is 0.326 e. The van der Waals surface area contributed by atoms with Gasteiger partial charge in [-0.25, -0.2) is 4.79 Å². The van der Waals surface area contributed by atoms with Gasteiger partial charge in [-0.15, -0.1) is 0 Å². The van der Waals surface area contributed by atoms with Gasteiger partial charge in [-0.3, -0.25) is 28.8 Å². The Balaban J connectivity index is 5.57. The van der Waals surface area contributed by atoms with Gasteiger partial charge >= 0.3 is 11.9 Å². The van der Waals surface area contributed by atoms with Crippen LogP contribution in [0.3, 0.4) is 0 Å². The summed E-state index contributed by atoms with van der Waals surface area (Å²) in [5, 5.41) is 25.0. The molecule has 0 spiro atoms. The third kappa shape index (κ3) is 13.5. The average Bonchev–Trinajstić information content (AvgIpc) is 2.72. The molecule has 0 rings (SSSR count). The molecule has 4 atom stereocenters. The lowest BCUT2D eigenvalue weighted by atomic mass is 10.0. The van der Waals surface area contributed by atoms with Gasteiger partial charge in [0, 0.05) is 12.8 Å². The molecule has 15 nitrogen and oxygen atoms in total. The second kappa shape index (κ2) is 15.2. The second-order valence-corrected chi connectivity index (χ2v) is 8.37. The number of primary amides is 2. The molecule has 0 heterocycles. The Hall–Kier alpha value is -3.75. The summed E-state index contributed by atoms with van der Waals surface area (Å²) >= 11 is 0. The summed E-state index contributed by atoms with van der Waals surface area (Å²) in [5.41, 5.74) is 15.7. The molecular weight excluding hydrogens is 468 g/mol. The van der Waals surface area contributed by atoms with Crippen molar-refractivity contribution in [1.29, 1.82) is 0 Å². The first kappa shape index (κ1) is 31.2. The third-order valence-electron chi connectivity index (χ3n) is 4.68. The lowest BCUT2D eigenvalue weighted by Gasteiger charge is -2.25. The summed E-state index contributed by atoms with van der Waals surface area (Å²) in [6, 6.07) is -5.51. The molecule has 198 valence electrons. The number of aliphatic carboxylic acids is 2. The molecule has 0 aliphatic heterocycles. The SMILES string of the molecule is CC(C)CC(NC(=O)C(CCC(=O)O)NC(=O)C(N)CCC(N)=O)C(=O)NC(CC(N)=O)C(=O)O. The first-order valence-corrected chi connectivity index (χ1v) is 10.8. The van der Waals surface area contributed by atoms with Crippen molar-refractivity contribution in [2.24, 2.45) is 23.1 Å². The van der Waals surface area contributed by atoms with Crippen LogP contribution in [0.4, 0.5) is 0 Å². The lowest BCUT2D eigenvalue weighted by Crippen LogP contribution is -2.57. The van der Waals surface area contributed by atoms with Crippen LogP contribution >= 0.6 is 0 Å². The van der Waals surface area contributed by atoms with E-state index in [0.717, 1.165) is 0 Å². The van der Waals surface area contributed by atoms with Crippen molar-refractivity contribution in [3.63, 3.8) is 0 Å². The quantitative estimate of drug-likeness (QED) is 0.0991. The predicted molar refractivity (Wildman–Crippen MR) is 120 cm³/mol. The molecule has 0 radical (unpaired) electrons. The van der Waals surface area contributed by atoms with Crippen molar-refractivity contribution in [3.8, 4) is 0 Å². The minimum atomic E-state index is -1.63. The van der Waals surface area contributed by atoms with Crippen LogP contribution in [-0.2, 0) is 33.6 Å². The Morgan fingerprint density at radius 1 is 0.714 bits per heavy atom. The van der Waals surface area contributed by atoms with Crippen molar-refractivity contribution in [2.45, 2.75) is 76.5 Å². The van der Waals surface area contributed by atoms with Gasteiger partial charge in [-0.1, -0.05) is 13.8 Å². The van der Waals surface area contributed by atoms with Crippen molar-refractivity contribution in [3.05, 3.63) is 0 Å². The summed E-state index contributed by atoms with van der Waals surface area (Å²) in [4.78, 5) is 82.2. The van der Waals surface area contributed by atoms with Crippen LogP contribution < -0.4 is 33.2 Å². The zero-order valence-corrected chi connectivity index (χ0v) is 19.6. The maximum absolute atomic E-state index is 12.9. The molecule has 0 aromatic heterocycles. The summed E-state index contributed by atoms with van der Waals surface area (Å²) < 4.78 is 0. The number of carbonyl (C=O) groups excluding carboxylic acids is 5. The molecule has 0 fully saturated rings. The molecule has 15 heteroatoms. The van der Waals surface area contributed by atoms with Gasteiger partial charge in [0.25, 0.3) is 0 Å². The van der Waals surface area contributed by atoms with Crippen LogP contribution in [-0.4, -0.2) is 75.9 Å².